The number of hydrogen-bond donors (Lipinski definition) is 2. The summed E-state index contributed by atoms with van der Waals surface area (Å²) >= 11 is 5.95. The normalized spacial score (nSPS) is 13.0. The number of aromatic nitrogens is 4. The molecule has 15 heteroatoms. The maximum atomic E-state index is 13.1. The van der Waals surface area contributed by atoms with Crippen LogP contribution in [0.4, 0.5) is 10.7 Å². The standard InChI is InChI=1S/C18H21ClN5O8P/c1-28-18(26)30-10-32-33(27,31-8-12-3-2-4-13(19)7-12)11-29-6-5-24-9-21-14-15(24)22-17(20)23-16(14)25/h2-4,7,9H,5-6,8,10-11H2,1H3,(H3,20,22,23,25). The lowest BCUT2D eigenvalue weighted by atomic mass is 10.2. The van der Waals surface area contributed by atoms with E-state index >= 15 is 0 Å². The zero-order valence-electron chi connectivity index (χ0n) is 17.4. The number of carbonyl (C=O) groups is 1. The smallest absolute Gasteiger partial charge is 0.438 e. The Labute approximate surface area is 192 Å². The highest BCUT2D eigenvalue weighted by Crippen LogP contribution is 2.49. The van der Waals surface area contributed by atoms with E-state index in [0.29, 0.717) is 10.6 Å². The third-order valence-corrected chi connectivity index (χ3v) is 5.88. The van der Waals surface area contributed by atoms with Gasteiger partial charge in [-0.25, -0.2) is 9.78 Å². The summed E-state index contributed by atoms with van der Waals surface area (Å²) in [6.45, 7) is -0.483. The van der Waals surface area contributed by atoms with E-state index in [0.717, 1.165) is 7.11 Å². The molecule has 13 nitrogen and oxygen atoms in total. The first-order valence-corrected chi connectivity index (χ1v) is 11.5. The second-order valence-corrected chi connectivity index (χ2v) is 8.89. The molecule has 3 N–H and O–H groups in total. The minimum absolute atomic E-state index is 0.0472. The van der Waals surface area contributed by atoms with Crippen molar-refractivity contribution in [2.24, 2.45) is 0 Å². The SMILES string of the molecule is COC(=O)OCOP(=O)(COCCn1cnc2c(=O)[nH]c(N)nc21)OCc1cccc(Cl)c1. The van der Waals surface area contributed by atoms with E-state index in [-0.39, 0.29) is 36.9 Å². The van der Waals surface area contributed by atoms with Crippen LogP contribution in [0.3, 0.4) is 0 Å². The molecule has 0 aliphatic rings. The van der Waals surface area contributed by atoms with E-state index in [4.69, 9.17) is 31.1 Å². The molecule has 3 rings (SSSR count). The van der Waals surface area contributed by atoms with E-state index in [2.05, 4.69) is 24.4 Å². The molecule has 0 fully saturated rings. The number of nitrogens with zero attached hydrogens (tertiary/aromatic N) is 3. The van der Waals surface area contributed by atoms with Crippen molar-refractivity contribution in [1.82, 2.24) is 19.5 Å². The predicted octanol–water partition coefficient (Wildman–Crippen LogP) is 2.50. The highest BCUT2D eigenvalue weighted by Gasteiger charge is 2.26. The van der Waals surface area contributed by atoms with Gasteiger partial charge in [-0.2, -0.15) is 4.98 Å². The predicted molar refractivity (Wildman–Crippen MR) is 117 cm³/mol. The summed E-state index contributed by atoms with van der Waals surface area (Å²) in [5.41, 5.74) is 6.17. The first-order chi connectivity index (χ1) is 15.8. The fourth-order valence-electron chi connectivity index (χ4n) is 2.60. The summed E-state index contributed by atoms with van der Waals surface area (Å²) in [5, 5.41) is 0.484. The maximum Gasteiger partial charge on any atom is 0.510 e. The molecule has 0 amide bonds. The molecule has 1 unspecified atom stereocenters. The zero-order valence-corrected chi connectivity index (χ0v) is 19.1. The van der Waals surface area contributed by atoms with Crippen LogP contribution in [-0.4, -0.2) is 52.5 Å². The average Bonchev–Trinajstić information content (AvgIpc) is 3.18. The van der Waals surface area contributed by atoms with Gasteiger partial charge in [-0.3, -0.25) is 18.9 Å². The van der Waals surface area contributed by atoms with Gasteiger partial charge in [-0.1, -0.05) is 23.7 Å². The lowest BCUT2D eigenvalue weighted by Crippen LogP contribution is -2.14. The highest BCUT2D eigenvalue weighted by atomic mass is 35.5. The molecule has 33 heavy (non-hydrogen) atoms. The Hall–Kier alpha value is -2.96. The van der Waals surface area contributed by atoms with Crippen molar-refractivity contribution in [3.05, 3.63) is 51.5 Å². The number of H-pyrrole nitrogens is 1. The molecule has 1 aromatic carbocycles. The van der Waals surface area contributed by atoms with Crippen LogP contribution in [0.1, 0.15) is 5.56 Å². The van der Waals surface area contributed by atoms with E-state index in [9.17, 15) is 14.2 Å². The van der Waals surface area contributed by atoms with E-state index in [1.807, 2.05) is 0 Å². The van der Waals surface area contributed by atoms with Crippen LogP contribution in [-0.2, 0) is 41.0 Å². The molecule has 0 aliphatic heterocycles. The fourth-order valence-corrected chi connectivity index (χ4v) is 3.95. The number of carbonyl (C=O) groups excluding carboxylic acids is 1. The minimum atomic E-state index is -3.85. The maximum absolute atomic E-state index is 13.1. The summed E-state index contributed by atoms with van der Waals surface area (Å²) in [6.07, 6.45) is -0.0435. The van der Waals surface area contributed by atoms with E-state index in [1.165, 1.54) is 6.33 Å². The second kappa shape index (κ2) is 11.3. The molecule has 0 saturated carbocycles. The Morgan fingerprint density at radius 1 is 1.33 bits per heavy atom. The number of rotatable bonds is 11. The van der Waals surface area contributed by atoms with Gasteiger partial charge < -0.3 is 29.0 Å². The van der Waals surface area contributed by atoms with Gasteiger partial charge in [0, 0.05) is 11.6 Å². The van der Waals surface area contributed by atoms with Crippen molar-refractivity contribution in [2.45, 2.75) is 13.2 Å². The summed E-state index contributed by atoms with van der Waals surface area (Å²) < 4.78 is 39.7. The summed E-state index contributed by atoms with van der Waals surface area (Å²) in [7, 11) is -2.73. The molecular formula is C18H21ClN5O8P. The first kappa shape index (κ1) is 24.7. The number of nitrogens with one attached hydrogen (secondary N) is 1. The summed E-state index contributed by atoms with van der Waals surface area (Å²) in [6, 6.07) is 6.77. The molecule has 2 aromatic heterocycles. The van der Waals surface area contributed by atoms with Crippen LogP contribution in [0.5, 0.6) is 0 Å². The number of nitrogen functional groups attached to an aromatic ring is 1. The highest BCUT2D eigenvalue weighted by molar-refractivity contribution is 7.53. The molecule has 0 saturated heterocycles. The number of anilines is 1. The van der Waals surface area contributed by atoms with Crippen molar-refractivity contribution in [2.75, 3.05) is 32.6 Å². The monoisotopic (exact) mass is 501 g/mol. The zero-order chi connectivity index (χ0) is 23.8. The number of methoxy groups -OCH3 is 1. The van der Waals surface area contributed by atoms with Gasteiger partial charge in [0.1, 0.15) is 6.35 Å². The van der Waals surface area contributed by atoms with Gasteiger partial charge in [0.05, 0.1) is 26.7 Å². The summed E-state index contributed by atoms with van der Waals surface area (Å²) in [4.78, 5) is 33.4. The Bertz CT molecular complexity index is 1220. The molecule has 0 spiro atoms. The fraction of sp³-hybridized carbons (Fsp3) is 0.333. The Morgan fingerprint density at radius 2 is 2.15 bits per heavy atom. The Morgan fingerprint density at radius 3 is 2.91 bits per heavy atom. The largest absolute Gasteiger partial charge is 0.510 e. The van der Waals surface area contributed by atoms with Gasteiger partial charge in [0.15, 0.2) is 11.2 Å². The Balaban J connectivity index is 1.59. The molecule has 1 atom stereocenters. The van der Waals surface area contributed by atoms with Gasteiger partial charge in [0.25, 0.3) is 5.56 Å². The van der Waals surface area contributed by atoms with Crippen molar-refractivity contribution in [3.8, 4) is 0 Å². The van der Waals surface area contributed by atoms with Crippen LogP contribution in [0, 0.1) is 0 Å². The van der Waals surface area contributed by atoms with Crippen LogP contribution >= 0.6 is 19.2 Å². The topological polar surface area (TPSA) is 170 Å². The molecule has 2 heterocycles. The minimum Gasteiger partial charge on any atom is -0.438 e. The van der Waals surface area contributed by atoms with E-state index < -0.39 is 32.5 Å². The lowest BCUT2D eigenvalue weighted by Gasteiger charge is -2.18. The number of benzene rings is 1. The van der Waals surface area contributed by atoms with E-state index in [1.54, 1.807) is 28.8 Å². The molecule has 0 bridgehead atoms. The Kier molecular flexibility index (Phi) is 8.42. The summed E-state index contributed by atoms with van der Waals surface area (Å²) in [5.74, 6) is -0.0481. The second-order valence-electron chi connectivity index (χ2n) is 6.46. The number of imidazole rings is 1. The molecule has 3 aromatic rings. The molecular weight excluding hydrogens is 481 g/mol. The number of hydrogen-bond acceptors (Lipinski definition) is 11. The van der Waals surface area contributed by atoms with Gasteiger partial charge >= 0.3 is 13.8 Å². The molecule has 0 radical (unpaired) electrons. The third-order valence-electron chi connectivity index (χ3n) is 4.13. The van der Waals surface area contributed by atoms with Crippen LogP contribution in [0.15, 0.2) is 35.4 Å². The van der Waals surface area contributed by atoms with Crippen molar-refractivity contribution in [1.29, 1.82) is 0 Å². The quantitative estimate of drug-likeness (QED) is 0.171. The number of nitrogens with two attached hydrogens (primary N) is 1. The molecule has 0 aliphatic carbocycles. The van der Waals surface area contributed by atoms with Crippen LogP contribution in [0.25, 0.3) is 11.2 Å². The third kappa shape index (κ3) is 7.01. The number of aromatic amines is 1. The van der Waals surface area contributed by atoms with Crippen molar-refractivity contribution < 1.29 is 32.6 Å². The van der Waals surface area contributed by atoms with Gasteiger partial charge in [-0.15, -0.1) is 0 Å². The van der Waals surface area contributed by atoms with Gasteiger partial charge in [-0.05, 0) is 17.7 Å². The van der Waals surface area contributed by atoms with Crippen molar-refractivity contribution in [3.63, 3.8) is 0 Å². The number of halogens is 1. The average molecular weight is 502 g/mol. The lowest BCUT2D eigenvalue weighted by molar-refractivity contribution is 0.00268. The van der Waals surface area contributed by atoms with Gasteiger partial charge in [0.2, 0.25) is 12.7 Å². The number of ether oxygens (including phenoxy) is 3. The molecule has 178 valence electrons. The van der Waals surface area contributed by atoms with Crippen LogP contribution in [0.2, 0.25) is 5.02 Å². The first-order valence-electron chi connectivity index (χ1n) is 9.41. The van der Waals surface area contributed by atoms with Crippen molar-refractivity contribution >= 4 is 42.5 Å². The van der Waals surface area contributed by atoms with Crippen LogP contribution < -0.4 is 11.3 Å². The number of fused-ring (bicyclic) bond motifs is 1.